The Labute approximate surface area is 124 Å². The van der Waals surface area contributed by atoms with E-state index in [-0.39, 0.29) is 0 Å². The van der Waals surface area contributed by atoms with Crippen molar-refractivity contribution < 1.29 is 0 Å². The molecular weight excluding hydrogens is 244 g/mol. The molecule has 0 amide bonds. The fourth-order valence-corrected chi connectivity index (χ4v) is 3.31. The monoisotopic (exact) mass is 274 g/mol. The van der Waals surface area contributed by atoms with Crippen molar-refractivity contribution in [2.45, 2.75) is 51.6 Å². The number of hydrogen-bond acceptors (Lipinski definition) is 2. The van der Waals surface area contributed by atoms with Gasteiger partial charge in [-0.25, -0.2) is 0 Å². The highest BCUT2D eigenvalue weighted by Gasteiger charge is 2.23. The van der Waals surface area contributed by atoms with Gasteiger partial charge in [-0.1, -0.05) is 30.3 Å². The number of aryl methyl sites for hydroxylation is 1. The topological polar surface area (TPSA) is 15.3 Å². The largest absolute Gasteiger partial charge is 0.311 e. The van der Waals surface area contributed by atoms with E-state index >= 15 is 0 Å². The molecular formula is C18H30N2. The third-order valence-corrected chi connectivity index (χ3v) is 4.62. The molecule has 1 aliphatic rings. The molecule has 2 rings (SSSR count). The highest BCUT2D eigenvalue weighted by Crippen LogP contribution is 2.19. The van der Waals surface area contributed by atoms with Gasteiger partial charge in [0.1, 0.15) is 0 Å². The lowest BCUT2D eigenvalue weighted by Gasteiger charge is -2.35. The van der Waals surface area contributed by atoms with Crippen LogP contribution in [0.4, 0.5) is 0 Å². The minimum absolute atomic E-state index is 0.595. The van der Waals surface area contributed by atoms with Crippen molar-refractivity contribution in [2.24, 2.45) is 5.92 Å². The summed E-state index contributed by atoms with van der Waals surface area (Å²) in [5.41, 5.74) is 1.45. The van der Waals surface area contributed by atoms with Crippen LogP contribution in [0.5, 0.6) is 0 Å². The van der Waals surface area contributed by atoms with Crippen molar-refractivity contribution in [1.29, 1.82) is 0 Å². The molecule has 1 aliphatic heterocycles. The molecule has 2 heteroatoms. The minimum Gasteiger partial charge on any atom is -0.311 e. The van der Waals surface area contributed by atoms with Gasteiger partial charge in [0.15, 0.2) is 0 Å². The summed E-state index contributed by atoms with van der Waals surface area (Å²) in [6.45, 7) is 7.21. The van der Waals surface area contributed by atoms with Crippen LogP contribution in [-0.2, 0) is 6.42 Å². The minimum atomic E-state index is 0.595. The SMILES string of the molecule is CC(CCc1ccccc1)NC(C)C1CCCN(C)C1. The van der Waals surface area contributed by atoms with Crippen LogP contribution in [0.15, 0.2) is 30.3 Å². The van der Waals surface area contributed by atoms with Gasteiger partial charge < -0.3 is 10.2 Å². The Hall–Kier alpha value is -0.860. The van der Waals surface area contributed by atoms with Gasteiger partial charge in [0.2, 0.25) is 0 Å². The third-order valence-electron chi connectivity index (χ3n) is 4.62. The Morgan fingerprint density at radius 2 is 2.00 bits per heavy atom. The van der Waals surface area contributed by atoms with Crippen molar-refractivity contribution in [1.82, 2.24) is 10.2 Å². The number of rotatable bonds is 6. The fraction of sp³-hybridized carbons (Fsp3) is 0.667. The fourth-order valence-electron chi connectivity index (χ4n) is 3.31. The van der Waals surface area contributed by atoms with Gasteiger partial charge in [0.05, 0.1) is 0 Å². The zero-order valence-electron chi connectivity index (χ0n) is 13.3. The summed E-state index contributed by atoms with van der Waals surface area (Å²) in [5.74, 6) is 0.813. The van der Waals surface area contributed by atoms with E-state index in [2.05, 4.69) is 61.4 Å². The van der Waals surface area contributed by atoms with E-state index < -0.39 is 0 Å². The number of likely N-dealkylation sites (tertiary alicyclic amines) is 1. The van der Waals surface area contributed by atoms with Gasteiger partial charge in [-0.05, 0) is 64.6 Å². The molecule has 1 aromatic rings. The molecule has 3 unspecified atom stereocenters. The van der Waals surface area contributed by atoms with Crippen molar-refractivity contribution >= 4 is 0 Å². The molecule has 2 nitrogen and oxygen atoms in total. The number of piperidine rings is 1. The lowest BCUT2D eigenvalue weighted by molar-refractivity contribution is 0.173. The smallest absolute Gasteiger partial charge is 0.00816 e. The Balaban J connectivity index is 1.72. The van der Waals surface area contributed by atoms with Crippen LogP contribution < -0.4 is 5.32 Å². The second kappa shape index (κ2) is 7.80. The van der Waals surface area contributed by atoms with E-state index in [1.54, 1.807) is 0 Å². The average Bonchev–Trinajstić information content (AvgIpc) is 2.46. The van der Waals surface area contributed by atoms with Crippen LogP contribution in [-0.4, -0.2) is 37.1 Å². The molecule has 0 saturated carbocycles. The Bertz CT molecular complexity index is 376. The molecule has 1 saturated heterocycles. The van der Waals surface area contributed by atoms with Gasteiger partial charge in [-0.2, -0.15) is 0 Å². The second-order valence-corrected chi connectivity index (χ2v) is 6.55. The molecule has 20 heavy (non-hydrogen) atoms. The standard InChI is InChI=1S/C18H30N2/c1-15(11-12-17-8-5-4-6-9-17)19-16(2)18-10-7-13-20(3)14-18/h4-6,8-9,15-16,18-19H,7,10-14H2,1-3H3. The molecule has 1 N–H and O–H groups in total. The van der Waals surface area contributed by atoms with Crippen LogP contribution in [0, 0.1) is 5.92 Å². The molecule has 0 spiro atoms. The highest BCUT2D eigenvalue weighted by atomic mass is 15.1. The van der Waals surface area contributed by atoms with Crippen molar-refractivity contribution in [3.8, 4) is 0 Å². The first-order valence-corrected chi connectivity index (χ1v) is 8.13. The number of benzene rings is 1. The van der Waals surface area contributed by atoms with Gasteiger partial charge >= 0.3 is 0 Å². The van der Waals surface area contributed by atoms with Crippen LogP contribution in [0.25, 0.3) is 0 Å². The predicted molar refractivity (Wildman–Crippen MR) is 87.0 cm³/mol. The lowest BCUT2D eigenvalue weighted by Crippen LogP contribution is -2.45. The molecule has 0 aliphatic carbocycles. The normalized spacial score (nSPS) is 23.4. The lowest BCUT2D eigenvalue weighted by atomic mass is 9.91. The molecule has 1 aromatic carbocycles. The third kappa shape index (κ3) is 4.92. The average molecular weight is 274 g/mol. The van der Waals surface area contributed by atoms with E-state index in [0.717, 1.165) is 5.92 Å². The molecule has 112 valence electrons. The first-order chi connectivity index (χ1) is 9.65. The number of nitrogens with zero attached hydrogens (tertiary/aromatic N) is 1. The summed E-state index contributed by atoms with van der Waals surface area (Å²) in [5, 5.41) is 3.81. The van der Waals surface area contributed by atoms with Gasteiger partial charge in [0.25, 0.3) is 0 Å². The van der Waals surface area contributed by atoms with Gasteiger partial charge in [0, 0.05) is 18.6 Å². The first kappa shape index (κ1) is 15.5. The Morgan fingerprint density at radius 1 is 1.25 bits per heavy atom. The maximum absolute atomic E-state index is 3.81. The molecule has 0 bridgehead atoms. The summed E-state index contributed by atoms with van der Waals surface area (Å²) in [6, 6.07) is 12.0. The van der Waals surface area contributed by atoms with Crippen molar-refractivity contribution in [3.05, 3.63) is 35.9 Å². The molecule has 3 atom stereocenters. The van der Waals surface area contributed by atoms with E-state index in [9.17, 15) is 0 Å². The van der Waals surface area contributed by atoms with Crippen molar-refractivity contribution in [3.63, 3.8) is 0 Å². The maximum atomic E-state index is 3.81. The maximum Gasteiger partial charge on any atom is 0.00816 e. The Morgan fingerprint density at radius 3 is 2.70 bits per heavy atom. The van der Waals surface area contributed by atoms with E-state index in [1.807, 2.05) is 0 Å². The molecule has 0 aromatic heterocycles. The van der Waals surface area contributed by atoms with Crippen LogP contribution in [0.1, 0.15) is 38.7 Å². The zero-order valence-corrected chi connectivity index (χ0v) is 13.3. The molecule has 1 fully saturated rings. The van der Waals surface area contributed by atoms with Crippen LogP contribution in [0.2, 0.25) is 0 Å². The van der Waals surface area contributed by atoms with E-state index in [1.165, 1.54) is 44.3 Å². The summed E-state index contributed by atoms with van der Waals surface area (Å²) < 4.78 is 0. The number of hydrogen-bond donors (Lipinski definition) is 1. The number of nitrogens with one attached hydrogen (secondary N) is 1. The van der Waals surface area contributed by atoms with Crippen LogP contribution in [0.3, 0.4) is 0 Å². The first-order valence-electron chi connectivity index (χ1n) is 8.13. The summed E-state index contributed by atoms with van der Waals surface area (Å²) in [4.78, 5) is 2.47. The van der Waals surface area contributed by atoms with E-state index in [4.69, 9.17) is 0 Å². The predicted octanol–water partition coefficient (Wildman–Crippen LogP) is 3.33. The molecule has 0 radical (unpaired) electrons. The zero-order chi connectivity index (χ0) is 14.4. The van der Waals surface area contributed by atoms with Crippen molar-refractivity contribution in [2.75, 3.05) is 20.1 Å². The Kier molecular flexibility index (Phi) is 6.06. The highest BCUT2D eigenvalue weighted by molar-refractivity contribution is 5.14. The van der Waals surface area contributed by atoms with Crippen LogP contribution >= 0.6 is 0 Å². The van der Waals surface area contributed by atoms with Gasteiger partial charge in [-0.15, -0.1) is 0 Å². The summed E-state index contributed by atoms with van der Waals surface area (Å²) in [6.07, 6.45) is 5.12. The van der Waals surface area contributed by atoms with E-state index in [0.29, 0.717) is 12.1 Å². The van der Waals surface area contributed by atoms with Gasteiger partial charge in [-0.3, -0.25) is 0 Å². The molecule has 1 heterocycles. The second-order valence-electron chi connectivity index (χ2n) is 6.55. The summed E-state index contributed by atoms with van der Waals surface area (Å²) >= 11 is 0. The summed E-state index contributed by atoms with van der Waals surface area (Å²) in [7, 11) is 2.25. The quantitative estimate of drug-likeness (QED) is 0.856.